The number of para-hydroxylation sites is 2. The maximum absolute atomic E-state index is 12.0. The van der Waals surface area contributed by atoms with E-state index in [1.807, 2.05) is 0 Å². The lowest BCUT2D eigenvalue weighted by Crippen LogP contribution is -2.12. The predicted molar refractivity (Wildman–Crippen MR) is 76.9 cm³/mol. The first kappa shape index (κ1) is 14.0. The number of anilines is 1. The van der Waals surface area contributed by atoms with Gasteiger partial charge in [0.2, 0.25) is 0 Å². The second kappa shape index (κ2) is 5.70. The van der Waals surface area contributed by atoms with Crippen molar-refractivity contribution in [2.24, 2.45) is 0 Å². The molecule has 0 radical (unpaired) electrons. The summed E-state index contributed by atoms with van der Waals surface area (Å²) in [6, 6.07) is 10.3. The number of phenolic OH excluding ortho intramolecular Hbond substituents is 1. The minimum atomic E-state index is -0.582. The van der Waals surface area contributed by atoms with Gasteiger partial charge in [0.1, 0.15) is 5.75 Å². The highest BCUT2D eigenvalue weighted by molar-refractivity contribution is 9.10. The molecule has 0 bridgehead atoms. The zero-order valence-corrected chi connectivity index (χ0v) is 11.6. The van der Waals surface area contributed by atoms with Gasteiger partial charge >= 0.3 is 0 Å². The number of halogens is 1. The van der Waals surface area contributed by atoms with E-state index >= 15 is 0 Å². The molecule has 0 aliphatic heterocycles. The molecule has 2 rings (SSSR count). The Hall–Kier alpha value is -2.41. The quantitative estimate of drug-likeness (QED) is 0.510. The van der Waals surface area contributed by atoms with E-state index in [9.17, 15) is 20.0 Å². The molecule has 1 amide bonds. The molecule has 2 N–H and O–H groups in total. The summed E-state index contributed by atoms with van der Waals surface area (Å²) in [6.07, 6.45) is 0. The summed E-state index contributed by atoms with van der Waals surface area (Å²) < 4.78 is 0.293. The lowest BCUT2D eigenvalue weighted by atomic mass is 10.2. The number of amides is 1. The second-order valence-electron chi connectivity index (χ2n) is 3.89. The Bertz CT molecular complexity index is 688. The molecule has 2 aromatic rings. The number of aromatic hydroxyl groups is 1. The zero-order valence-electron chi connectivity index (χ0n) is 10.0. The second-order valence-corrected chi connectivity index (χ2v) is 4.75. The highest BCUT2D eigenvalue weighted by Gasteiger charge is 2.16. The van der Waals surface area contributed by atoms with Crippen molar-refractivity contribution in [3.8, 4) is 5.75 Å². The largest absolute Gasteiger partial charge is 0.506 e. The number of nitro groups is 1. The van der Waals surface area contributed by atoms with Gasteiger partial charge in [0, 0.05) is 11.6 Å². The number of nitro benzene ring substituents is 1. The van der Waals surface area contributed by atoms with Crippen LogP contribution in [0, 0.1) is 10.1 Å². The van der Waals surface area contributed by atoms with Gasteiger partial charge in [-0.3, -0.25) is 14.9 Å². The van der Waals surface area contributed by atoms with Crippen molar-refractivity contribution in [2.45, 2.75) is 0 Å². The number of nitrogens with one attached hydrogen (secondary N) is 1. The molecule has 0 atom stereocenters. The molecule has 0 aliphatic carbocycles. The molecule has 0 saturated heterocycles. The Kier molecular flexibility index (Phi) is 3.99. The number of rotatable bonds is 3. The molecule has 0 spiro atoms. The van der Waals surface area contributed by atoms with Gasteiger partial charge in [0.25, 0.3) is 11.6 Å². The number of hydrogen-bond acceptors (Lipinski definition) is 4. The third-order valence-electron chi connectivity index (χ3n) is 2.56. The zero-order chi connectivity index (χ0) is 14.7. The average Bonchev–Trinajstić information content (AvgIpc) is 2.41. The third kappa shape index (κ3) is 2.94. The van der Waals surface area contributed by atoms with Gasteiger partial charge < -0.3 is 10.4 Å². The van der Waals surface area contributed by atoms with Gasteiger partial charge in [0.15, 0.2) is 0 Å². The summed E-state index contributed by atoms with van der Waals surface area (Å²) in [6.45, 7) is 0. The Morgan fingerprint density at radius 3 is 2.60 bits per heavy atom. The molecule has 0 unspecified atom stereocenters. The van der Waals surface area contributed by atoms with Crippen LogP contribution in [0.5, 0.6) is 5.75 Å². The van der Waals surface area contributed by atoms with Crippen molar-refractivity contribution in [3.63, 3.8) is 0 Å². The highest BCUT2D eigenvalue weighted by Crippen LogP contribution is 2.27. The summed E-state index contributed by atoms with van der Waals surface area (Å²) in [5.74, 6) is -0.616. The van der Waals surface area contributed by atoms with Gasteiger partial charge in [0.05, 0.1) is 15.1 Å². The SMILES string of the molecule is O=C(Nc1ccccc1O)c1ccc(Br)c([N+](=O)[O-])c1. The van der Waals surface area contributed by atoms with Crippen LogP contribution in [0.4, 0.5) is 11.4 Å². The number of phenols is 1. The lowest BCUT2D eigenvalue weighted by Gasteiger charge is -2.07. The van der Waals surface area contributed by atoms with Crippen molar-refractivity contribution in [2.75, 3.05) is 5.32 Å². The van der Waals surface area contributed by atoms with Gasteiger partial charge in [-0.25, -0.2) is 0 Å². The lowest BCUT2D eigenvalue weighted by molar-refractivity contribution is -0.385. The first-order chi connectivity index (χ1) is 9.49. The standard InChI is InChI=1S/C13H9BrN2O4/c14-9-6-5-8(7-11(9)16(19)20)13(18)15-10-3-1-2-4-12(10)17/h1-7,17H,(H,15,18). The normalized spacial score (nSPS) is 10.1. The Morgan fingerprint density at radius 2 is 1.95 bits per heavy atom. The van der Waals surface area contributed by atoms with Crippen molar-refractivity contribution >= 4 is 33.2 Å². The number of hydrogen-bond donors (Lipinski definition) is 2. The van der Waals surface area contributed by atoms with Gasteiger partial charge in [-0.1, -0.05) is 12.1 Å². The van der Waals surface area contributed by atoms with E-state index in [2.05, 4.69) is 21.2 Å². The van der Waals surface area contributed by atoms with Crippen molar-refractivity contribution in [1.29, 1.82) is 0 Å². The van der Waals surface area contributed by atoms with E-state index in [-0.39, 0.29) is 22.7 Å². The van der Waals surface area contributed by atoms with Crippen molar-refractivity contribution in [3.05, 3.63) is 62.6 Å². The summed E-state index contributed by atoms with van der Waals surface area (Å²) >= 11 is 3.05. The van der Waals surface area contributed by atoms with Crippen LogP contribution < -0.4 is 5.32 Å². The van der Waals surface area contributed by atoms with E-state index in [4.69, 9.17) is 0 Å². The van der Waals surface area contributed by atoms with E-state index in [0.29, 0.717) is 4.47 Å². The van der Waals surface area contributed by atoms with Crippen LogP contribution in [-0.2, 0) is 0 Å². The molecular formula is C13H9BrN2O4. The molecule has 102 valence electrons. The van der Waals surface area contributed by atoms with Crippen molar-refractivity contribution < 1.29 is 14.8 Å². The van der Waals surface area contributed by atoms with E-state index in [1.165, 1.54) is 30.3 Å². The fourth-order valence-electron chi connectivity index (χ4n) is 1.57. The van der Waals surface area contributed by atoms with Gasteiger partial charge in [-0.2, -0.15) is 0 Å². The topological polar surface area (TPSA) is 92.5 Å². The molecule has 20 heavy (non-hydrogen) atoms. The van der Waals surface area contributed by atoms with Crippen LogP contribution in [-0.4, -0.2) is 15.9 Å². The fourth-order valence-corrected chi connectivity index (χ4v) is 1.96. The van der Waals surface area contributed by atoms with E-state index < -0.39 is 10.8 Å². The highest BCUT2D eigenvalue weighted by atomic mass is 79.9. The molecule has 0 fully saturated rings. The summed E-state index contributed by atoms with van der Waals surface area (Å²) in [5, 5.41) is 22.9. The molecule has 0 aliphatic rings. The van der Waals surface area contributed by atoms with E-state index in [1.54, 1.807) is 12.1 Å². The Morgan fingerprint density at radius 1 is 1.25 bits per heavy atom. The molecular weight excluding hydrogens is 328 g/mol. The maximum atomic E-state index is 12.0. The smallest absolute Gasteiger partial charge is 0.284 e. The number of carbonyl (C=O) groups is 1. The van der Waals surface area contributed by atoms with Gasteiger partial charge in [-0.05, 0) is 40.2 Å². The summed E-state index contributed by atoms with van der Waals surface area (Å²) in [7, 11) is 0. The first-order valence-electron chi connectivity index (χ1n) is 5.52. The third-order valence-corrected chi connectivity index (χ3v) is 3.23. The molecule has 0 saturated carbocycles. The molecule has 0 heterocycles. The number of benzene rings is 2. The van der Waals surface area contributed by atoms with Crippen LogP contribution in [0.3, 0.4) is 0 Å². The Balaban J connectivity index is 2.28. The van der Waals surface area contributed by atoms with Gasteiger partial charge in [-0.15, -0.1) is 0 Å². The monoisotopic (exact) mass is 336 g/mol. The van der Waals surface area contributed by atoms with Crippen LogP contribution in [0.15, 0.2) is 46.9 Å². The van der Waals surface area contributed by atoms with E-state index in [0.717, 1.165) is 0 Å². The average molecular weight is 337 g/mol. The number of carbonyl (C=O) groups excluding carboxylic acids is 1. The number of nitrogens with zero attached hydrogens (tertiary/aromatic N) is 1. The molecule has 6 nitrogen and oxygen atoms in total. The van der Waals surface area contributed by atoms with Crippen LogP contribution in [0.2, 0.25) is 0 Å². The summed E-state index contributed by atoms with van der Waals surface area (Å²) in [4.78, 5) is 22.2. The van der Waals surface area contributed by atoms with Crippen molar-refractivity contribution in [1.82, 2.24) is 0 Å². The molecule has 2 aromatic carbocycles. The summed E-state index contributed by atoms with van der Waals surface area (Å²) in [5.41, 5.74) is 0.168. The molecule has 7 heteroatoms. The predicted octanol–water partition coefficient (Wildman–Crippen LogP) is 3.32. The Labute approximate surface area is 122 Å². The van der Waals surface area contributed by atoms with Crippen LogP contribution in [0.1, 0.15) is 10.4 Å². The fraction of sp³-hybridized carbons (Fsp3) is 0. The minimum Gasteiger partial charge on any atom is -0.506 e. The molecule has 0 aromatic heterocycles. The van der Waals surface area contributed by atoms with Crippen LogP contribution >= 0.6 is 15.9 Å². The van der Waals surface area contributed by atoms with Crippen LogP contribution in [0.25, 0.3) is 0 Å². The minimum absolute atomic E-state index is 0.0764. The maximum Gasteiger partial charge on any atom is 0.284 e. The first-order valence-corrected chi connectivity index (χ1v) is 6.31.